The molecule has 0 spiro atoms. The second-order valence-corrected chi connectivity index (χ2v) is 9.62. The van der Waals surface area contributed by atoms with E-state index in [0.717, 1.165) is 31.5 Å². The Morgan fingerprint density at radius 2 is 2.08 bits per heavy atom. The molecule has 2 heterocycles. The summed E-state index contributed by atoms with van der Waals surface area (Å²) in [5.41, 5.74) is 0. The first kappa shape index (κ1) is 23.0. The van der Waals surface area contributed by atoms with Crippen molar-refractivity contribution in [1.29, 1.82) is 0 Å². The Labute approximate surface area is 178 Å². The second kappa shape index (κ2) is 11.7. The van der Waals surface area contributed by atoms with Crippen LogP contribution in [0.1, 0.15) is 31.6 Å². The number of rotatable bonds is 7. The molecule has 1 aliphatic heterocycles. The van der Waals surface area contributed by atoms with E-state index in [-0.39, 0.29) is 28.7 Å². The van der Waals surface area contributed by atoms with E-state index in [1.54, 1.807) is 0 Å². The summed E-state index contributed by atoms with van der Waals surface area (Å²) in [5.74, 6) is 1.68. The molecule has 0 aliphatic carbocycles. The van der Waals surface area contributed by atoms with Crippen molar-refractivity contribution in [3.05, 3.63) is 22.4 Å². The minimum atomic E-state index is 0. The molecular weight excluding hydrogens is 463 g/mol. The molecule has 0 radical (unpaired) electrons. The van der Waals surface area contributed by atoms with E-state index in [9.17, 15) is 0 Å². The summed E-state index contributed by atoms with van der Waals surface area (Å²) in [5, 5.41) is 9.13. The van der Waals surface area contributed by atoms with Crippen LogP contribution >= 0.6 is 47.1 Å². The molecule has 4 nitrogen and oxygen atoms in total. The highest BCUT2D eigenvalue weighted by Gasteiger charge is 2.20. The van der Waals surface area contributed by atoms with Crippen molar-refractivity contribution < 1.29 is 0 Å². The molecular formula is C18H33IN4S2. The third-order valence-corrected chi connectivity index (χ3v) is 6.79. The van der Waals surface area contributed by atoms with Gasteiger partial charge < -0.3 is 10.6 Å². The van der Waals surface area contributed by atoms with Crippen LogP contribution in [-0.2, 0) is 6.54 Å². The number of aliphatic imine (C=N–C) groups is 1. The smallest absolute Gasteiger partial charge is 0.191 e. The van der Waals surface area contributed by atoms with Gasteiger partial charge in [0, 0.05) is 36.3 Å². The summed E-state index contributed by atoms with van der Waals surface area (Å²) in [6.45, 7) is 9.97. The third-order valence-electron chi connectivity index (χ3n) is 4.68. The zero-order chi connectivity index (χ0) is 17.4. The molecule has 2 rings (SSSR count). The lowest BCUT2D eigenvalue weighted by molar-refractivity contribution is 0.179. The molecule has 0 bridgehead atoms. The first-order valence-electron chi connectivity index (χ1n) is 8.77. The first-order valence-corrected chi connectivity index (χ1v) is 10.9. The molecule has 0 aromatic carbocycles. The van der Waals surface area contributed by atoms with Gasteiger partial charge in [-0.1, -0.05) is 6.07 Å². The van der Waals surface area contributed by atoms with Gasteiger partial charge in [0.15, 0.2) is 5.96 Å². The van der Waals surface area contributed by atoms with Crippen molar-refractivity contribution >= 4 is 53.0 Å². The topological polar surface area (TPSA) is 39.7 Å². The molecule has 1 aliphatic rings. The summed E-state index contributed by atoms with van der Waals surface area (Å²) in [6.07, 6.45) is 4.69. The van der Waals surface area contributed by atoms with Crippen LogP contribution in [0.2, 0.25) is 0 Å². The summed E-state index contributed by atoms with van der Waals surface area (Å²) in [6, 6.07) is 4.39. The Kier molecular flexibility index (Phi) is 10.8. The molecule has 0 atom stereocenters. The molecule has 1 saturated heterocycles. The number of guanidine groups is 1. The summed E-state index contributed by atoms with van der Waals surface area (Å²) in [7, 11) is 1.85. The van der Waals surface area contributed by atoms with E-state index in [1.807, 2.05) is 30.1 Å². The maximum atomic E-state index is 4.35. The van der Waals surface area contributed by atoms with Gasteiger partial charge in [0.25, 0.3) is 0 Å². The van der Waals surface area contributed by atoms with Crippen LogP contribution in [0.25, 0.3) is 0 Å². The third kappa shape index (κ3) is 8.49. The van der Waals surface area contributed by atoms with Crippen molar-refractivity contribution in [2.75, 3.05) is 39.5 Å². The minimum absolute atomic E-state index is 0. The van der Waals surface area contributed by atoms with Gasteiger partial charge in [0.1, 0.15) is 0 Å². The van der Waals surface area contributed by atoms with Gasteiger partial charge >= 0.3 is 0 Å². The maximum absolute atomic E-state index is 4.35. The second-order valence-electron chi connectivity index (χ2n) is 7.07. The number of hydrogen-bond donors (Lipinski definition) is 2. The van der Waals surface area contributed by atoms with Crippen LogP contribution in [0.15, 0.2) is 22.5 Å². The zero-order valence-corrected chi connectivity index (χ0v) is 19.8. The lowest BCUT2D eigenvalue weighted by Gasteiger charge is -2.32. The van der Waals surface area contributed by atoms with Gasteiger partial charge in [-0.25, -0.2) is 0 Å². The average Bonchev–Trinajstić information content (AvgIpc) is 3.09. The van der Waals surface area contributed by atoms with E-state index in [4.69, 9.17) is 0 Å². The van der Waals surface area contributed by atoms with Crippen molar-refractivity contribution in [3.63, 3.8) is 0 Å². The van der Waals surface area contributed by atoms with Gasteiger partial charge in [-0.15, -0.1) is 35.3 Å². The standard InChI is InChI=1S/C18H32N4S2.HI/c1-18(2,23-4)14-21-17(19-3)20-12-15-7-9-22(10-8-15)13-16-6-5-11-24-16;/h5-6,11,15H,7-10,12-14H2,1-4H3,(H2,19,20,21);1H. The van der Waals surface area contributed by atoms with Crippen molar-refractivity contribution in [2.45, 2.75) is 38.0 Å². The minimum Gasteiger partial charge on any atom is -0.356 e. The average molecular weight is 497 g/mol. The number of nitrogens with zero attached hydrogens (tertiary/aromatic N) is 2. The van der Waals surface area contributed by atoms with Crippen LogP contribution in [0.5, 0.6) is 0 Å². The lowest BCUT2D eigenvalue weighted by atomic mass is 9.97. The number of thiophene rings is 1. The molecule has 2 N–H and O–H groups in total. The van der Waals surface area contributed by atoms with Gasteiger partial charge in [-0.05, 0) is 63.4 Å². The fourth-order valence-corrected chi connectivity index (χ4v) is 3.76. The van der Waals surface area contributed by atoms with Crippen LogP contribution in [0, 0.1) is 5.92 Å². The Bertz CT molecular complexity index is 497. The Morgan fingerprint density at radius 3 is 2.64 bits per heavy atom. The molecule has 0 saturated carbocycles. The van der Waals surface area contributed by atoms with Crippen LogP contribution < -0.4 is 10.6 Å². The zero-order valence-electron chi connectivity index (χ0n) is 15.9. The Morgan fingerprint density at radius 1 is 1.36 bits per heavy atom. The van der Waals surface area contributed by atoms with Gasteiger partial charge in [-0.2, -0.15) is 11.8 Å². The number of piperidine rings is 1. The Hall–Kier alpha value is 0.01000. The number of halogens is 1. The maximum Gasteiger partial charge on any atom is 0.191 e. The number of thioether (sulfide) groups is 1. The van der Waals surface area contributed by atoms with E-state index < -0.39 is 0 Å². The largest absolute Gasteiger partial charge is 0.356 e. The normalized spacial score (nSPS) is 17.2. The molecule has 1 aromatic rings. The van der Waals surface area contributed by atoms with E-state index in [0.29, 0.717) is 0 Å². The molecule has 1 fully saturated rings. The highest BCUT2D eigenvalue weighted by atomic mass is 127. The van der Waals surface area contributed by atoms with Crippen LogP contribution in [0.3, 0.4) is 0 Å². The highest BCUT2D eigenvalue weighted by molar-refractivity contribution is 14.0. The molecule has 1 aromatic heterocycles. The van der Waals surface area contributed by atoms with E-state index >= 15 is 0 Å². The van der Waals surface area contributed by atoms with Crippen LogP contribution in [-0.4, -0.2) is 55.1 Å². The monoisotopic (exact) mass is 496 g/mol. The van der Waals surface area contributed by atoms with E-state index in [1.165, 1.54) is 30.8 Å². The summed E-state index contributed by atoms with van der Waals surface area (Å²) >= 11 is 3.74. The molecule has 7 heteroatoms. The summed E-state index contributed by atoms with van der Waals surface area (Å²) in [4.78, 5) is 8.41. The predicted octanol–water partition coefficient (Wildman–Crippen LogP) is 3.88. The first-order chi connectivity index (χ1) is 11.5. The van der Waals surface area contributed by atoms with Crippen molar-refractivity contribution in [3.8, 4) is 0 Å². The lowest BCUT2D eigenvalue weighted by Crippen LogP contribution is -2.45. The van der Waals surface area contributed by atoms with Crippen LogP contribution in [0.4, 0.5) is 0 Å². The summed E-state index contributed by atoms with van der Waals surface area (Å²) < 4.78 is 0.227. The van der Waals surface area contributed by atoms with Gasteiger partial charge in [0.05, 0.1) is 0 Å². The number of likely N-dealkylation sites (tertiary alicyclic amines) is 1. The molecule has 25 heavy (non-hydrogen) atoms. The predicted molar refractivity (Wildman–Crippen MR) is 125 cm³/mol. The number of hydrogen-bond acceptors (Lipinski definition) is 4. The Balaban J connectivity index is 0.00000312. The quantitative estimate of drug-likeness (QED) is 0.342. The molecule has 0 unspecified atom stereocenters. The highest BCUT2D eigenvalue weighted by Crippen LogP contribution is 2.21. The van der Waals surface area contributed by atoms with Crippen molar-refractivity contribution in [1.82, 2.24) is 15.5 Å². The fraction of sp³-hybridized carbons (Fsp3) is 0.722. The molecule has 0 amide bonds. The number of nitrogens with one attached hydrogen (secondary N) is 2. The molecule has 144 valence electrons. The van der Waals surface area contributed by atoms with Gasteiger partial charge in [0.2, 0.25) is 0 Å². The fourth-order valence-electron chi connectivity index (χ4n) is 2.80. The van der Waals surface area contributed by atoms with Crippen molar-refractivity contribution in [2.24, 2.45) is 10.9 Å². The SMILES string of the molecule is CN=C(NCC1CCN(Cc2cccs2)CC1)NCC(C)(C)SC.I. The van der Waals surface area contributed by atoms with E-state index in [2.05, 4.69) is 58.1 Å². The van der Waals surface area contributed by atoms with Gasteiger partial charge in [-0.3, -0.25) is 9.89 Å².